The van der Waals surface area contributed by atoms with Crippen LogP contribution in [0.4, 0.5) is 0 Å². The highest BCUT2D eigenvalue weighted by molar-refractivity contribution is 7.88. The van der Waals surface area contributed by atoms with Gasteiger partial charge >= 0.3 is 0 Å². The molecule has 9 heteroatoms. The molecule has 110 valence electrons. The molecule has 1 amide bonds. The molecule has 0 saturated carbocycles. The van der Waals surface area contributed by atoms with Gasteiger partial charge in [-0.25, -0.2) is 18.1 Å². The van der Waals surface area contributed by atoms with Crippen LogP contribution in [0, 0.1) is 0 Å². The van der Waals surface area contributed by atoms with Gasteiger partial charge < -0.3 is 4.90 Å². The highest BCUT2D eigenvalue weighted by Gasteiger charge is 2.26. The Morgan fingerprint density at radius 2 is 2.05 bits per heavy atom. The van der Waals surface area contributed by atoms with Gasteiger partial charge in [0.2, 0.25) is 10.0 Å². The Morgan fingerprint density at radius 3 is 2.60 bits per heavy atom. The van der Waals surface area contributed by atoms with E-state index in [1.165, 1.54) is 12.4 Å². The molecule has 0 atom stereocenters. The van der Waals surface area contributed by atoms with Gasteiger partial charge in [-0.05, 0) is 12.8 Å². The zero-order valence-corrected chi connectivity index (χ0v) is 12.5. The second-order valence-electron chi connectivity index (χ2n) is 4.68. The number of rotatable bonds is 3. The van der Waals surface area contributed by atoms with Crippen molar-refractivity contribution >= 4 is 27.5 Å². The average Bonchev–Trinajstić information content (AvgIpc) is 2.37. The van der Waals surface area contributed by atoms with E-state index in [-0.39, 0.29) is 22.8 Å². The minimum atomic E-state index is -3.21. The molecule has 1 aromatic rings. The van der Waals surface area contributed by atoms with E-state index >= 15 is 0 Å². The molecule has 1 aliphatic heterocycles. The topological polar surface area (TPSA) is 92.3 Å². The summed E-state index contributed by atoms with van der Waals surface area (Å²) >= 11 is 5.70. The van der Waals surface area contributed by atoms with Crippen LogP contribution in [-0.2, 0) is 10.0 Å². The van der Waals surface area contributed by atoms with E-state index < -0.39 is 10.0 Å². The maximum absolute atomic E-state index is 12.2. The van der Waals surface area contributed by atoms with Crippen LogP contribution in [0.25, 0.3) is 0 Å². The Balaban J connectivity index is 1.95. The first kappa shape index (κ1) is 15.1. The van der Waals surface area contributed by atoms with Gasteiger partial charge in [0, 0.05) is 19.1 Å². The molecule has 20 heavy (non-hydrogen) atoms. The molecule has 0 spiro atoms. The molecule has 1 saturated heterocycles. The van der Waals surface area contributed by atoms with Crippen molar-refractivity contribution in [1.29, 1.82) is 0 Å². The van der Waals surface area contributed by atoms with Gasteiger partial charge in [0.05, 0.1) is 18.6 Å². The summed E-state index contributed by atoms with van der Waals surface area (Å²) in [6.45, 7) is 0.945. The number of likely N-dealkylation sites (tertiary alicyclic amines) is 1. The van der Waals surface area contributed by atoms with Crippen LogP contribution in [0.2, 0.25) is 5.15 Å². The second kappa shape index (κ2) is 6.02. The largest absolute Gasteiger partial charge is 0.337 e. The fraction of sp³-hybridized carbons (Fsp3) is 0.545. The number of hydrogen-bond donors (Lipinski definition) is 1. The lowest BCUT2D eigenvalue weighted by atomic mass is 10.1. The molecule has 1 N–H and O–H groups in total. The molecule has 1 aliphatic rings. The Bertz CT molecular complexity index is 599. The lowest BCUT2D eigenvalue weighted by Gasteiger charge is -2.31. The predicted octanol–water partition coefficient (Wildman–Crippen LogP) is 0.284. The fourth-order valence-electron chi connectivity index (χ4n) is 2.11. The SMILES string of the molecule is CS(=O)(=O)NC1CCN(C(=O)c2cncc(Cl)n2)CC1. The summed E-state index contributed by atoms with van der Waals surface area (Å²) in [7, 11) is -3.21. The summed E-state index contributed by atoms with van der Waals surface area (Å²) in [6.07, 6.45) is 5.02. The Labute approximate surface area is 122 Å². The summed E-state index contributed by atoms with van der Waals surface area (Å²) in [5.74, 6) is -0.238. The molecule has 0 aliphatic carbocycles. The number of sulfonamides is 1. The van der Waals surface area contributed by atoms with Crippen molar-refractivity contribution in [2.75, 3.05) is 19.3 Å². The summed E-state index contributed by atoms with van der Waals surface area (Å²) < 4.78 is 24.9. The van der Waals surface area contributed by atoms with E-state index in [2.05, 4.69) is 14.7 Å². The van der Waals surface area contributed by atoms with Gasteiger partial charge in [0.1, 0.15) is 10.8 Å². The van der Waals surface area contributed by atoms with Crippen molar-refractivity contribution in [2.45, 2.75) is 18.9 Å². The summed E-state index contributed by atoms with van der Waals surface area (Å²) in [4.78, 5) is 21.6. The average molecular weight is 319 g/mol. The number of halogens is 1. The summed E-state index contributed by atoms with van der Waals surface area (Å²) in [6, 6.07) is -0.125. The van der Waals surface area contributed by atoms with Gasteiger partial charge in [0.25, 0.3) is 5.91 Å². The molecule has 1 fully saturated rings. The Hall–Kier alpha value is -1.25. The van der Waals surface area contributed by atoms with Crippen LogP contribution in [0.3, 0.4) is 0 Å². The smallest absolute Gasteiger partial charge is 0.274 e. The van der Waals surface area contributed by atoms with E-state index in [4.69, 9.17) is 11.6 Å². The Kier molecular flexibility index (Phi) is 4.56. The molecule has 0 bridgehead atoms. The number of piperidine rings is 1. The van der Waals surface area contributed by atoms with E-state index in [9.17, 15) is 13.2 Å². The van der Waals surface area contributed by atoms with Gasteiger partial charge in [-0.3, -0.25) is 9.78 Å². The molecule has 0 aromatic carbocycles. The van der Waals surface area contributed by atoms with Crippen LogP contribution >= 0.6 is 11.6 Å². The number of aromatic nitrogens is 2. The highest BCUT2D eigenvalue weighted by Crippen LogP contribution is 2.14. The number of hydrogen-bond acceptors (Lipinski definition) is 5. The molecule has 1 aromatic heterocycles. The molecular formula is C11H15ClN4O3S. The molecule has 0 radical (unpaired) electrons. The van der Waals surface area contributed by atoms with Crippen LogP contribution in [0.15, 0.2) is 12.4 Å². The first-order chi connectivity index (χ1) is 9.35. The molecule has 2 heterocycles. The van der Waals surface area contributed by atoms with Crippen LogP contribution in [0.5, 0.6) is 0 Å². The third kappa shape index (κ3) is 4.12. The fourth-order valence-corrected chi connectivity index (χ4v) is 3.10. The van der Waals surface area contributed by atoms with Crippen molar-refractivity contribution in [3.63, 3.8) is 0 Å². The molecule has 2 rings (SSSR count). The zero-order valence-electron chi connectivity index (χ0n) is 10.9. The van der Waals surface area contributed by atoms with Gasteiger partial charge in [-0.15, -0.1) is 0 Å². The second-order valence-corrected chi connectivity index (χ2v) is 6.85. The number of nitrogens with one attached hydrogen (secondary N) is 1. The predicted molar refractivity (Wildman–Crippen MR) is 73.9 cm³/mol. The lowest BCUT2D eigenvalue weighted by Crippen LogP contribution is -2.46. The normalized spacial score (nSPS) is 17.2. The third-order valence-corrected chi connectivity index (χ3v) is 3.93. The Morgan fingerprint density at radius 1 is 1.40 bits per heavy atom. The quantitative estimate of drug-likeness (QED) is 0.864. The third-order valence-electron chi connectivity index (χ3n) is 2.99. The van der Waals surface area contributed by atoms with Crippen molar-refractivity contribution in [3.05, 3.63) is 23.2 Å². The zero-order chi connectivity index (χ0) is 14.8. The van der Waals surface area contributed by atoms with E-state index in [1.54, 1.807) is 4.90 Å². The highest BCUT2D eigenvalue weighted by atomic mass is 35.5. The minimum absolute atomic E-state index is 0.125. The number of carbonyl (C=O) groups excluding carboxylic acids is 1. The van der Waals surface area contributed by atoms with Gasteiger partial charge in [-0.1, -0.05) is 11.6 Å². The van der Waals surface area contributed by atoms with Crippen molar-refractivity contribution < 1.29 is 13.2 Å². The van der Waals surface area contributed by atoms with Crippen LogP contribution in [-0.4, -0.2) is 54.6 Å². The standard InChI is InChI=1S/C11H15ClN4O3S/c1-20(18,19)15-8-2-4-16(5-3-8)11(17)9-6-13-7-10(12)14-9/h6-8,15H,2-5H2,1H3. The van der Waals surface area contributed by atoms with E-state index in [0.29, 0.717) is 25.9 Å². The van der Waals surface area contributed by atoms with Crippen LogP contribution in [0.1, 0.15) is 23.3 Å². The number of nitrogens with zero attached hydrogens (tertiary/aromatic N) is 3. The van der Waals surface area contributed by atoms with Crippen LogP contribution < -0.4 is 4.72 Å². The lowest BCUT2D eigenvalue weighted by molar-refractivity contribution is 0.0705. The first-order valence-corrected chi connectivity index (χ1v) is 8.36. The molecular weight excluding hydrogens is 304 g/mol. The first-order valence-electron chi connectivity index (χ1n) is 6.09. The summed E-state index contributed by atoms with van der Waals surface area (Å²) in [5.41, 5.74) is 0.201. The van der Waals surface area contributed by atoms with Gasteiger partial charge in [0.15, 0.2) is 0 Å². The molecule has 0 unspecified atom stereocenters. The number of amides is 1. The maximum Gasteiger partial charge on any atom is 0.274 e. The van der Waals surface area contributed by atoms with Crippen molar-refractivity contribution in [2.24, 2.45) is 0 Å². The summed E-state index contributed by atoms with van der Waals surface area (Å²) in [5, 5.41) is 0.171. The monoisotopic (exact) mass is 318 g/mol. The minimum Gasteiger partial charge on any atom is -0.337 e. The molecule has 7 nitrogen and oxygen atoms in total. The van der Waals surface area contributed by atoms with Crippen molar-refractivity contribution in [3.8, 4) is 0 Å². The maximum atomic E-state index is 12.2. The van der Waals surface area contributed by atoms with E-state index in [0.717, 1.165) is 6.26 Å². The van der Waals surface area contributed by atoms with Gasteiger partial charge in [-0.2, -0.15) is 0 Å². The van der Waals surface area contributed by atoms with Crippen molar-refractivity contribution in [1.82, 2.24) is 19.6 Å². The number of carbonyl (C=O) groups is 1. The van der Waals surface area contributed by atoms with E-state index in [1.807, 2.05) is 0 Å².